The lowest BCUT2D eigenvalue weighted by atomic mass is 10.1. The lowest BCUT2D eigenvalue weighted by Gasteiger charge is -2.13. The van der Waals surface area contributed by atoms with Gasteiger partial charge in [-0.15, -0.1) is 0 Å². The van der Waals surface area contributed by atoms with Crippen molar-refractivity contribution in [2.45, 2.75) is 20.3 Å². The molecule has 41 heavy (non-hydrogen) atoms. The Bertz CT molecular complexity index is 1550. The molecule has 3 N–H and O–H groups in total. The average molecular weight is 559 g/mol. The van der Waals surface area contributed by atoms with Gasteiger partial charge in [0.15, 0.2) is 11.5 Å². The maximum atomic E-state index is 13.0. The fourth-order valence-corrected chi connectivity index (χ4v) is 4.31. The first-order valence-electron chi connectivity index (χ1n) is 12.9. The van der Waals surface area contributed by atoms with Crippen LogP contribution in [0.4, 0.5) is 5.95 Å². The molecule has 2 heterocycles. The van der Waals surface area contributed by atoms with Gasteiger partial charge < -0.3 is 23.9 Å². The van der Waals surface area contributed by atoms with Crippen LogP contribution in [0.1, 0.15) is 22.5 Å². The number of nitrogens with one attached hydrogen (secondary N) is 3. The van der Waals surface area contributed by atoms with Crippen LogP contribution < -0.4 is 29.6 Å². The summed E-state index contributed by atoms with van der Waals surface area (Å²) in [4.78, 5) is 29.7. The molecule has 11 nitrogen and oxygen atoms in total. The molecule has 0 aliphatic carbocycles. The molecular formula is C30H34N6O5. The highest BCUT2D eigenvalue weighted by Crippen LogP contribution is 2.38. The Morgan fingerprint density at radius 3 is 2.29 bits per heavy atom. The molecule has 1 amide bonds. The zero-order chi connectivity index (χ0) is 29.4. The number of hydrogen-bond donors (Lipinski definition) is 3. The lowest BCUT2D eigenvalue weighted by Crippen LogP contribution is -2.35. The minimum absolute atomic E-state index is 0.229. The maximum Gasteiger partial charge on any atom is 0.250 e. The first-order valence-corrected chi connectivity index (χ1v) is 12.9. The zero-order valence-corrected chi connectivity index (χ0v) is 24.0. The van der Waals surface area contributed by atoms with E-state index in [1.54, 1.807) is 25.3 Å². The van der Waals surface area contributed by atoms with Crippen molar-refractivity contribution in [2.24, 2.45) is 4.99 Å². The van der Waals surface area contributed by atoms with Crippen LogP contribution in [0.25, 0.3) is 17.0 Å². The number of H-pyrrole nitrogens is 1. The predicted molar refractivity (Wildman–Crippen MR) is 159 cm³/mol. The highest BCUT2D eigenvalue weighted by Gasteiger charge is 2.13. The second-order valence-electron chi connectivity index (χ2n) is 9.09. The van der Waals surface area contributed by atoms with Crippen LogP contribution >= 0.6 is 0 Å². The number of fused-ring (bicyclic) bond motifs is 1. The number of anilines is 1. The van der Waals surface area contributed by atoms with Crippen LogP contribution in [-0.2, 0) is 11.2 Å². The number of amides is 1. The van der Waals surface area contributed by atoms with Crippen molar-refractivity contribution in [1.29, 1.82) is 0 Å². The zero-order valence-electron chi connectivity index (χ0n) is 24.0. The first-order chi connectivity index (χ1) is 19.8. The van der Waals surface area contributed by atoms with Crippen LogP contribution in [0.15, 0.2) is 53.7 Å². The van der Waals surface area contributed by atoms with E-state index in [1.165, 1.54) is 27.4 Å². The molecule has 0 atom stereocenters. The third-order valence-corrected chi connectivity index (χ3v) is 6.19. The van der Waals surface area contributed by atoms with Gasteiger partial charge in [0.05, 0.1) is 28.4 Å². The summed E-state index contributed by atoms with van der Waals surface area (Å²) in [5, 5.41) is 6.92. The number of carbonyl (C=O) groups excluding carboxylic acids is 1. The summed E-state index contributed by atoms with van der Waals surface area (Å²) in [5.74, 6) is 2.39. The largest absolute Gasteiger partial charge is 0.497 e. The fraction of sp³-hybridized carbons (Fsp3) is 0.267. The van der Waals surface area contributed by atoms with Crippen LogP contribution in [0, 0.1) is 13.8 Å². The number of aromatic amines is 1. The monoisotopic (exact) mass is 558 g/mol. The number of guanidine groups is 1. The molecule has 0 aliphatic heterocycles. The maximum absolute atomic E-state index is 13.0. The van der Waals surface area contributed by atoms with E-state index in [0.717, 1.165) is 33.6 Å². The van der Waals surface area contributed by atoms with E-state index in [4.69, 9.17) is 18.9 Å². The predicted octanol–water partition coefficient (Wildman–Crippen LogP) is 4.45. The smallest absolute Gasteiger partial charge is 0.250 e. The van der Waals surface area contributed by atoms with Gasteiger partial charge in [-0.1, -0.05) is 0 Å². The number of rotatable bonds is 10. The number of ether oxygens (including phenoxy) is 4. The van der Waals surface area contributed by atoms with Crippen molar-refractivity contribution < 1.29 is 23.7 Å². The van der Waals surface area contributed by atoms with E-state index in [0.29, 0.717) is 41.7 Å². The van der Waals surface area contributed by atoms with E-state index in [2.05, 4.69) is 30.6 Å². The SMILES string of the molecule is COc1ccc2[nH]cc(CCN=C(NC(=O)/C=C/c3cc(OC)c(OC)c(OC)c3)Nc3nc(C)cc(C)n3)c2c1. The Balaban J connectivity index is 1.54. The Labute approximate surface area is 238 Å². The number of methoxy groups -OCH3 is 4. The van der Waals surface area contributed by atoms with E-state index < -0.39 is 5.91 Å². The van der Waals surface area contributed by atoms with Gasteiger partial charge >= 0.3 is 0 Å². The van der Waals surface area contributed by atoms with Crippen LogP contribution in [0.2, 0.25) is 0 Å². The first kappa shape index (κ1) is 28.9. The highest BCUT2D eigenvalue weighted by atomic mass is 16.5. The molecule has 2 aromatic carbocycles. The minimum atomic E-state index is -0.397. The molecule has 0 bridgehead atoms. The second-order valence-corrected chi connectivity index (χ2v) is 9.09. The van der Waals surface area contributed by atoms with Gasteiger partial charge in [0.25, 0.3) is 5.91 Å². The van der Waals surface area contributed by atoms with Crippen LogP contribution in [-0.4, -0.2) is 61.8 Å². The van der Waals surface area contributed by atoms with Crippen molar-refractivity contribution in [1.82, 2.24) is 20.3 Å². The van der Waals surface area contributed by atoms with Gasteiger partial charge in [-0.2, -0.15) is 0 Å². The summed E-state index contributed by atoms with van der Waals surface area (Å²) in [6.45, 7) is 4.15. The molecule has 214 valence electrons. The van der Waals surface area contributed by atoms with Gasteiger partial charge in [-0.3, -0.25) is 20.4 Å². The third-order valence-electron chi connectivity index (χ3n) is 6.19. The fourth-order valence-electron chi connectivity index (χ4n) is 4.31. The molecule has 4 aromatic rings. The number of aromatic nitrogens is 3. The highest BCUT2D eigenvalue weighted by molar-refractivity contribution is 6.08. The number of hydrogen-bond acceptors (Lipinski definition) is 8. The molecule has 0 saturated carbocycles. The molecule has 4 rings (SSSR count). The summed E-state index contributed by atoms with van der Waals surface area (Å²) in [6, 6.07) is 11.2. The standard InChI is InChI=1S/C30H34N6O5/c1-18-13-19(2)34-30(33-18)36-29(31-12-11-21-17-32-24-9-8-22(38-3)16-23(21)24)35-27(37)10-7-20-14-25(39-4)28(41-6)26(15-20)40-5/h7-10,13-17,32H,11-12H2,1-6H3,(H2,31,33,34,35,36,37)/b10-7+. The topological polar surface area (TPSA) is 132 Å². The van der Waals surface area contributed by atoms with Gasteiger partial charge in [0.1, 0.15) is 5.75 Å². The molecule has 0 aliphatic rings. The Morgan fingerprint density at radius 2 is 1.66 bits per heavy atom. The molecule has 0 radical (unpaired) electrons. The normalized spacial score (nSPS) is 11.5. The molecule has 0 spiro atoms. The summed E-state index contributed by atoms with van der Waals surface area (Å²) < 4.78 is 21.5. The number of nitrogens with zero attached hydrogens (tertiary/aromatic N) is 3. The van der Waals surface area contributed by atoms with Crippen LogP contribution in [0.3, 0.4) is 0 Å². The van der Waals surface area contributed by atoms with Crippen LogP contribution in [0.5, 0.6) is 23.0 Å². The van der Waals surface area contributed by atoms with Crippen molar-refractivity contribution in [3.8, 4) is 23.0 Å². The molecule has 0 fully saturated rings. The number of carbonyl (C=O) groups is 1. The Kier molecular flexibility index (Phi) is 9.41. The Hall–Kier alpha value is -5.06. The van der Waals surface area contributed by atoms with Gasteiger partial charge in [-0.05, 0) is 73.9 Å². The molecular weight excluding hydrogens is 524 g/mol. The number of aliphatic imine (C=N–C) groups is 1. The minimum Gasteiger partial charge on any atom is -0.497 e. The molecule has 11 heteroatoms. The summed E-state index contributed by atoms with van der Waals surface area (Å²) in [5.41, 5.74) is 4.37. The van der Waals surface area contributed by atoms with E-state index in [1.807, 2.05) is 44.3 Å². The summed E-state index contributed by atoms with van der Waals surface area (Å²) in [7, 11) is 6.25. The molecule has 0 saturated heterocycles. The Morgan fingerprint density at radius 1 is 0.951 bits per heavy atom. The summed E-state index contributed by atoms with van der Waals surface area (Å²) >= 11 is 0. The third kappa shape index (κ3) is 7.33. The van der Waals surface area contributed by atoms with Crippen molar-refractivity contribution in [3.63, 3.8) is 0 Å². The van der Waals surface area contributed by atoms with Gasteiger partial charge in [0, 0.05) is 41.1 Å². The molecule has 0 unspecified atom stereocenters. The van der Waals surface area contributed by atoms with Crippen molar-refractivity contribution >= 4 is 34.8 Å². The van der Waals surface area contributed by atoms with Crippen molar-refractivity contribution in [3.05, 3.63) is 71.2 Å². The number of benzene rings is 2. The molecule has 2 aromatic heterocycles. The number of aryl methyl sites for hydroxylation is 2. The van der Waals surface area contributed by atoms with Crippen molar-refractivity contribution in [2.75, 3.05) is 40.3 Å². The lowest BCUT2D eigenvalue weighted by molar-refractivity contribution is -0.115. The summed E-state index contributed by atoms with van der Waals surface area (Å²) in [6.07, 6.45) is 5.62. The van der Waals surface area contributed by atoms with Gasteiger partial charge in [-0.25, -0.2) is 9.97 Å². The quantitative estimate of drug-likeness (QED) is 0.148. The van der Waals surface area contributed by atoms with Gasteiger partial charge in [0.2, 0.25) is 17.7 Å². The van der Waals surface area contributed by atoms with E-state index in [-0.39, 0.29) is 5.96 Å². The van der Waals surface area contributed by atoms with E-state index >= 15 is 0 Å². The average Bonchev–Trinajstić information content (AvgIpc) is 3.36. The second kappa shape index (κ2) is 13.3. The van der Waals surface area contributed by atoms with E-state index in [9.17, 15) is 4.79 Å².